The maximum Gasteiger partial charge on any atom is 0.223 e. The summed E-state index contributed by atoms with van der Waals surface area (Å²) in [5, 5.41) is 3.00. The Balaban J connectivity index is 1.46. The van der Waals surface area contributed by atoms with Gasteiger partial charge >= 0.3 is 0 Å². The van der Waals surface area contributed by atoms with Gasteiger partial charge in [0, 0.05) is 25.7 Å². The molecule has 1 aliphatic carbocycles. The second-order valence-electron chi connectivity index (χ2n) is 5.93. The van der Waals surface area contributed by atoms with Crippen molar-refractivity contribution in [1.29, 1.82) is 0 Å². The van der Waals surface area contributed by atoms with Crippen LogP contribution in [0.25, 0.3) is 0 Å². The van der Waals surface area contributed by atoms with Crippen molar-refractivity contribution in [3.05, 3.63) is 35.4 Å². The standard InChI is InChI=1S/C17H23NO3/c19-17(15-4-5-15)18-11-13-2-1-3-14(10-13)12-21-16-6-8-20-9-7-16/h1-3,10,15-16H,4-9,11-12H2,(H,18,19). The van der Waals surface area contributed by atoms with Gasteiger partial charge in [-0.3, -0.25) is 4.79 Å². The van der Waals surface area contributed by atoms with Crippen LogP contribution in [0, 0.1) is 5.92 Å². The van der Waals surface area contributed by atoms with Crippen molar-refractivity contribution in [1.82, 2.24) is 5.32 Å². The molecule has 1 saturated carbocycles. The Bertz CT molecular complexity index is 479. The summed E-state index contributed by atoms with van der Waals surface area (Å²) in [5.41, 5.74) is 2.30. The van der Waals surface area contributed by atoms with Crippen molar-refractivity contribution in [3.63, 3.8) is 0 Å². The number of ether oxygens (including phenoxy) is 2. The van der Waals surface area contributed by atoms with E-state index in [4.69, 9.17) is 9.47 Å². The zero-order chi connectivity index (χ0) is 14.5. The molecule has 0 bridgehead atoms. The fourth-order valence-electron chi connectivity index (χ4n) is 2.57. The average molecular weight is 289 g/mol. The van der Waals surface area contributed by atoms with Crippen LogP contribution in [0.3, 0.4) is 0 Å². The third kappa shape index (κ3) is 4.55. The summed E-state index contributed by atoms with van der Waals surface area (Å²) in [7, 11) is 0. The van der Waals surface area contributed by atoms with Crippen molar-refractivity contribution in [3.8, 4) is 0 Å². The molecule has 1 N–H and O–H groups in total. The molecule has 1 saturated heterocycles. The molecule has 1 aliphatic heterocycles. The molecular weight excluding hydrogens is 266 g/mol. The Hall–Kier alpha value is -1.39. The highest BCUT2D eigenvalue weighted by molar-refractivity contribution is 5.80. The number of carbonyl (C=O) groups excluding carboxylic acids is 1. The number of amides is 1. The molecule has 2 aliphatic rings. The van der Waals surface area contributed by atoms with E-state index in [1.165, 1.54) is 5.56 Å². The fourth-order valence-corrected chi connectivity index (χ4v) is 2.57. The summed E-state index contributed by atoms with van der Waals surface area (Å²) in [6.45, 7) is 2.85. The number of hydrogen-bond donors (Lipinski definition) is 1. The van der Waals surface area contributed by atoms with Gasteiger partial charge < -0.3 is 14.8 Å². The zero-order valence-electron chi connectivity index (χ0n) is 12.3. The zero-order valence-corrected chi connectivity index (χ0v) is 12.3. The van der Waals surface area contributed by atoms with Crippen molar-refractivity contribution >= 4 is 5.91 Å². The molecule has 0 spiro atoms. The molecule has 3 rings (SSSR count). The lowest BCUT2D eigenvalue weighted by molar-refractivity contribution is -0.122. The minimum absolute atomic E-state index is 0.193. The Kier molecular flexibility index (Phi) is 4.88. The van der Waals surface area contributed by atoms with Gasteiger partial charge in [0.1, 0.15) is 0 Å². The largest absolute Gasteiger partial charge is 0.381 e. The molecule has 1 heterocycles. The first-order valence-corrected chi connectivity index (χ1v) is 7.86. The van der Waals surface area contributed by atoms with Crippen LogP contribution in [0.15, 0.2) is 24.3 Å². The predicted octanol–water partition coefficient (Wildman–Crippen LogP) is 2.41. The van der Waals surface area contributed by atoms with E-state index in [9.17, 15) is 4.79 Å². The van der Waals surface area contributed by atoms with Gasteiger partial charge in [-0.1, -0.05) is 24.3 Å². The molecule has 0 atom stereocenters. The first-order chi connectivity index (χ1) is 10.3. The van der Waals surface area contributed by atoms with Crippen LogP contribution in [0.1, 0.15) is 36.8 Å². The van der Waals surface area contributed by atoms with Crippen LogP contribution in [0.5, 0.6) is 0 Å². The quantitative estimate of drug-likeness (QED) is 0.875. The summed E-state index contributed by atoms with van der Waals surface area (Å²) in [5.74, 6) is 0.462. The molecule has 1 amide bonds. The van der Waals surface area contributed by atoms with E-state index in [2.05, 4.69) is 17.4 Å². The summed E-state index contributed by atoms with van der Waals surface area (Å²) < 4.78 is 11.3. The lowest BCUT2D eigenvalue weighted by Crippen LogP contribution is -2.24. The molecule has 2 fully saturated rings. The maximum absolute atomic E-state index is 11.6. The van der Waals surface area contributed by atoms with E-state index in [1.807, 2.05) is 12.1 Å². The van der Waals surface area contributed by atoms with E-state index in [-0.39, 0.29) is 11.8 Å². The number of nitrogens with one attached hydrogen (secondary N) is 1. The molecule has 0 unspecified atom stereocenters. The van der Waals surface area contributed by atoms with Crippen molar-refractivity contribution < 1.29 is 14.3 Å². The SMILES string of the molecule is O=C(NCc1cccc(COC2CCOCC2)c1)C1CC1. The second-order valence-corrected chi connectivity index (χ2v) is 5.93. The fraction of sp³-hybridized carbons (Fsp3) is 0.588. The van der Waals surface area contributed by atoms with Crippen LogP contribution in [-0.4, -0.2) is 25.2 Å². The Morgan fingerprint density at radius 3 is 2.71 bits per heavy atom. The summed E-state index contributed by atoms with van der Waals surface area (Å²) in [6, 6.07) is 8.27. The van der Waals surface area contributed by atoms with E-state index in [0.29, 0.717) is 19.3 Å². The minimum Gasteiger partial charge on any atom is -0.381 e. The predicted molar refractivity (Wildman–Crippen MR) is 79.6 cm³/mol. The van der Waals surface area contributed by atoms with E-state index in [0.717, 1.165) is 44.5 Å². The molecular formula is C17H23NO3. The maximum atomic E-state index is 11.6. The summed E-state index contributed by atoms with van der Waals surface area (Å²) >= 11 is 0. The van der Waals surface area contributed by atoms with Crippen LogP contribution in [0.4, 0.5) is 0 Å². The summed E-state index contributed by atoms with van der Waals surface area (Å²) in [6.07, 6.45) is 4.38. The van der Waals surface area contributed by atoms with E-state index in [1.54, 1.807) is 0 Å². The highest BCUT2D eigenvalue weighted by atomic mass is 16.5. The number of benzene rings is 1. The third-order valence-electron chi connectivity index (χ3n) is 4.06. The van der Waals surface area contributed by atoms with Gasteiger partial charge in [0.15, 0.2) is 0 Å². The smallest absolute Gasteiger partial charge is 0.223 e. The van der Waals surface area contributed by atoms with Crippen LogP contribution < -0.4 is 5.32 Å². The molecule has 4 heteroatoms. The van der Waals surface area contributed by atoms with Gasteiger partial charge in [0.2, 0.25) is 5.91 Å². The molecule has 1 aromatic rings. The summed E-state index contributed by atoms with van der Waals surface area (Å²) in [4.78, 5) is 11.6. The molecule has 0 radical (unpaired) electrons. The van der Waals surface area contributed by atoms with Gasteiger partial charge in [-0.2, -0.15) is 0 Å². The van der Waals surface area contributed by atoms with E-state index < -0.39 is 0 Å². The second kappa shape index (κ2) is 7.05. The molecule has 21 heavy (non-hydrogen) atoms. The number of rotatable bonds is 6. The molecule has 1 aromatic carbocycles. The van der Waals surface area contributed by atoms with Crippen LogP contribution in [-0.2, 0) is 27.4 Å². The van der Waals surface area contributed by atoms with Gasteiger partial charge in [0.25, 0.3) is 0 Å². The van der Waals surface area contributed by atoms with Crippen molar-refractivity contribution in [2.75, 3.05) is 13.2 Å². The molecule has 0 aromatic heterocycles. The monoisotopic (exact) mass is 289 g/mol. The van der Waals surface area contributed by atoms with Gasteiger partial charge in [-0.15, -0.1) is 0 Å². The Morgan fingerprint density at radius 1 is 1.19 bits per heavy atom. The van der Waals surface area contributed by atoms with Crippen LogP contribution in [0.2, 0.25) is 0 Å². The highest BCUT2D eigenvalue weighted by Gasteiger charge is 2.29. The first kappa shape index (κ1) is 14.5. The number of hydrogen-bond acceptors (Lipinski definition) is 3. The van der Waals surface area contributed by atoms with Gasteiger partial charge in [-0.25, -0.2) is 0 Å². The highest BCUT2D eigenvalue weighted by Crippen LogP contribution is 2.28. The normalized spacial score (nSPS) is 19.4. The third-order valence-corrected chi connectivity index (χ3v) is 4.06. The van der Waals surface area contributed by atoms with Crippen molar-refractivity contribution in [2.45, 2.75) is 44.9 Å². The topological polar surface area (TPSA) is 47.6 Å². The van der Waals surface area contributed by atoms with E-state index >= 15 is 0 Å². The Labute approximate surface area is 125 Å². The van der Waals surface area contributed by atoms with Crippen LogP contribution >= 0.6 is 0 Å². The van der Waals surface area contributed by atoms with Gasteiger partial charge in [-0.05, 0) is 36.8 Å². The lowest BCUT2D eigenvalue weighted by atomic mass is 10.1. The molecule has 114 valence electrons. The van der Waals surface area contributed by atoms with Gasteiger partial charge in [0.05, 0.1) is 12.7 Å². The average Bonchev–Trinajstić information content (AvgIpc) is 3.37. The molecule has 4 nitrogen and oxygen atoms in total. The number of carbonyl (C=O) groups is 1. The Morgan fingerprint density at radius 2 is 1.95 bits per heavy atom. The minimum atomic E-state index is 0.193. The van der Waals surface area contributed by atoms with Crippen molar-refractivity contribution in [2.24, 2.45) is 5.92 Å². The lowest BCUT2D eigenvalue weighted by Gasteiger charge is -2.22. The first-order valence-electron chi connectivity index (χ1n) is 7.86.